The molecule has 0 radical (unpaired) electrons. The van der Waals surface area contributed by atoms with Crippen LogP contribution in [0.4, 0.5) is 0 Å². The van der Waals surface area contributed by atoms with Crippen molar-refractivity contribution in [3.63, 3.8) is 0 Å². The zero-order valence-electron chi connectivity index (χ0n) is 9.87. The maximum atomic E-state index is 4.14. The fourth-order valence-electron chi connectivity index (χ4n) is 1.58. The molecule has 0 unspecified atom stereocenters. The minimum Gasteiger partial charge on any atom is -0.310 e. The maximum Gasteiger partial charge on any atom is 0.0797 e. The minimum atomic E-state index is 0.493. The van der Waals surface area contributed by atoms with Crippen LogP contribution in [0.1, 0.15) is 25.0 Å². The Morgan fingerprint density at radius 2 is 2.31 bits per heavy atom. The normalized spacial score (nSPS) is 11.2. The fraction of sp³-hybridized carbons (Fsp3) is 0.417. The van der Waals surface area contributed by atoms with Crippen molar-refractivity contribution < 1.29 is 0 Å². The van der Waals surface area contributed by atoms with Gasteiger partial charge in [0.1, 0.15) is 0 Å². The van der Waals surface area contributed by atoms with Crippen LogP contribution >= 0.6 is 11.3 Å². The third-order valence-electron chi connectivity index (χ3n) is 2.51. The largest absolute Gasteiger partial charge is 0.310 e. The van der Waals surface area contributed by atoms with Gasteiger partial charge in [0.25, 0.3) is 0 Å². The number of aromatic amines is 1. The molecule has 0 aliphatic carbocycles. The van der Waals surface area contributed by atoms with Crippen molar-refractivity contribution in [3.8, 4) is 10.6 Å². The first-order valence-corrected chi connectivity index (χ1v) is 6.36. The van der Waals surface area contributed by atoms with E-state index in [0.29, 0.717) is 6.04 Å². The van der Waals surface area contributed by atoms with Gasteiger partial charge < -0.3 is 5.32 Å². The average molecular weight is 235 g/mol. The summed E-state index contributed by atoms with van der Waals surface area (Å²) < 4.78 is 0. The van der Waals surface area contributed by atoms with Gasteiger partial charge in [-0.15, -0.1) is 11.3 Å². The number of thiophene rings is 1. The van der Waals surface area contributed by atoms with E-state index in [1.54, 1.807) is 11.3 Å². The highest BCUT2D eigenvalue weighted by molar-refractivity contribution is 7.13. The molecule has 0 saturated carbocycles. The number of hydrogen-bond donors (Lipinski definition) is 2. The Morgan fingerprint density at radius 3 is 2.94 bits per heavy atom. The second kappa shape index (κ2) is 4.80. The first-order chi connectivity index (χ1) is 7.68. The first kappa shape index (κ1) is 11.4. The van der Waals surface area contributed by atoms with Crippen LogP contribution in [0, 0.1) is 6.92 Å². The van der Waals surface area contributed by atoms with Gasteiger partial charge in [0.15, 0.2) is 0 Å². The summed E-state index contributed by atoms with van der Waals surface area (Å²) >= 11 is 1.76. The van der Waals surface area contributed by atoms with Gasteiger partial charge in [-0.2, -0.15) is 5.10 Å². The second-order valence-corrected chi connectivity index (χ2v) is 5.15. The summed E-state index contributed by atoms with van der Waals surface area (Å²) in [5.74, 6) is 0. The van der Waals surface area contributed by atoms with E-state index in [9.17, 15) is 0 Å². The summed E-state index contributed by atoms with van der Waals surface area (Å²) in [7, 11) is 0. The van der Waals surface area contributed by atoms with Crippen molar-refractivity contribution in [2.75, 3.05) is 0 Å². The zero-order chi connectivity index (χ0) is 11.5. The molecule has 0 amide bonds. The number of nitrogens with zero attached hydrogens (tertiary/aromatic N) is 1. The summed E-state index contributed by atoms with van der Waals surface area (Å²) in [5, 5.41) is 12.8. The topological polar surface area (TPSA) is 40.7 Å². The Bertz CT molecular complexity index is 456. The number of rotatable bonds is 4. The van der Waals surface area contributed by atoms with Gasteiger partial charge in [-0.3, -0.25) is 5.10 Å². The Kier molecular flexibility index (Phi) is 3.41. The van der Waals surface area contributed by atoms with E-state index in [1.165, 1.54) is 16.0 Å². The summed E-state index contributed by atoms with van der Waals surface area (Å²) in [6, 6.07) is 2.63. The van der Waals surface area contributed by atoms with Crippen LogP contribution in [0.15, 0.2) is 17.6 Å². The molecule has 0 atom stereocenters. The van der Waals surface area contributed by atoms with E-state index in [-0.39, 0.29) is 0 Å². The lowest BCUT2D eigenvalue weighted by Crippen LogP contribution is -2.21. The Labute approximate surface area is 99.9 Å². The molecular formula is C12H17N3S. The lowest BCUT2D eigenvalue weighted by molar-refractivity contribution is 0.589. The molecule has 2 aromatic rings. The quantitative estimate of drug-likeness (QED) is 0.855. The lowest BCUT2D eigenvalue weighted by atomic mass is 10.1. The molecule has 0 spiro atoms. The fourth-order valence-corrected chi connectivity index (χ4v) is 2.54. The predicted octanol–water partition coefficient (Wildman–Crippen LogP) is 2.94. The first-order valence-electron chi connectivity index (χ1n) is 5.48. The highest BCUT2D eigenvalue weighted by Gasteiger charge is 2.11. The second-order valence-electron chi connectivity index (χ2n) is 4.24. The molecule has 2 heterocycles. The molecular weight excluding hydrogens is 218 g/mol. The van der Waals surface area contributed by atoms with Crippen molar-refractivity contribution >= 4 is 11.3 Å². The van der Waals surface area contributed by atoms with E-state index < -0.39 is 0 Å². The van der Waals surface area contributed by atoms with E-state index in [2.05, 4.69) is 47.7 Å². The Hall–Kier alpha value is -1.13. The molecule has 2 aromatic heterocycles. The molecule has 0 aliphatic rings. The molecule has 86 valence electrons. The Balaban J connectivity index is 2.23. The lowest BCUT2D eigenvalue weighted by Gasteiger charge is -2.07. The smallest absolute Gasteiger partial charge is 0.0797 e. The van der Waals surface area contributed by atoms with E-state index in [4.69, 9.17) is 0 Å². The van der Waals surface area contributed by atoms with E-state index in [0.717, 1.165) is 12.2 Å². The molecule has 2 N–H and O–H groups in total. The molecule has 2 rings (SSSR count). The van der Waals surface area contributed by atoms with Crippen LogP contribution in [0.2, 0.25) is 0 Å². The summed E-state index contributed by atoms with van der Waals surface area (Å²) in [4.78, 5) is 1.29. The monoisotopic (exact) mass is 235 g/mol. The van der Waals surface area contributed by atoms with Gasteiger partial charge in [0, 0.05) is 18.2 Å². The third-order valence-corrected chi connectivity index (χ3v) is 3.54. The highest BCUT2D eigenvalue weighted by Crippen LogP contribution is 2.29. The van der Waals surface area contributed by atoms with Gasteiger partial charge >= 0.3 is 0 Å². The van der Waals surface area contributed by atoms with Crippen LogP contribution < -0.4 is 5.32 Å². The number of aromatic nitrogens is 2. The van der Waals surface area contributed by atoms with Crippen LogP contribution in [0.3, 0.4) is 0 Å². The van der Waals surface area contributed by atoms with Crippen LogP contribution in [-0.2, 0) is 6.54 Å². The summed E-state index contributed by atoms with van der Waals surface area (Å²) in [5.41, 5.74) is 3.69. The number of aryl methyl sites for hydroxylation is 1. The van der Waals surface area contributed by atoms with Crippen molar-refractivity contribution in [2.24, 2.45) is 0 Å². The molecule has 0 saturated heterocycles. The van der Waals surface area contributed by atoms with E-state index >= 15 is 0 Å². The van der Waals surface area contributed by atoms with Gasteiger partial charge in [0.05, 0.1) is 16.8 Å². The molecule has 0 aliphatic heterocycles. The number of nitrogens with one attached hydrogen (secondary N) is 2. The maximum absolute atomic E-state index is 4.14. The van der Waals surface area contributed by atoms with Gasteiger partial charge in [-0.1, -0.05) is 13.8 Å². The minimum absolute atomic E-state index is 0.493. The standard InChI is InChI=1S/C12H17N3S/c1-8(2)13-6-10-7-14-15-11(10)12-9(3)4-5-16-12/h4-5,7-8,13H,6H2,1-3H3,(H,14,15). The van der Waals surface area contributed by atoms with Gasteiger partial charge in [-0.05, 0) is 23.9 Å². The molecule has 0 fully saturated rings. The number of hydrogen-bond acceptors (Lipinski definition) is 3. The molecule has 0 bridgehead atoms. The average Bonchev–Trinajstić information content (AvgIpc) is 2.82. The van der Waals surface area contributed by atoms with Crippen molar-refractivity contribution in [2.45, 2.75) is 33.4 Å². The molecule has 16 heavy (non-hydrogen) atoms. The SMILES string of the molecule is Cc1ccsc1-c1[nH]ncc1CNC(C)C. The third kappa shape index (κ3) is 2.33. The van der Waals surface area contributed by atoms with Gasteiger partial charge in [0.2, 0.25) is 0 Å². The molecule has 4 heteroatoms. The zero-order valence-corrected chi connectivity index (χ0v) is 10.7. The van der Waals surface area contributed by atoms with Crippen LogP contribution in [0.25, 0.3) is 10.6 Å². The van der Waals surface area contributed by atoms with Crippen LogP contribution in [-0.4, -0.2) is 16.2 Å². The summed E-state index contributed by atoms with van der Waals surface area (Å²) in [6.07, 6.45) is 1.91. The molecule has 0 aromatic carbocycles. The Morgan fingerprint density at radius 1 is 1.50 bits per heavy atom. The van der Waals surface area contributed by atoms with E-state index in [1.807, 2.05) is 6.20 Å². The number of H-pyrrole nitrogens is 1. The van der Waals surface area contributed by atoms with Crippen molar-refractivity contribution in [1.82, 2.24) is 15.5 Å². The van der Waals surface area contributed by atoms with Crippen LogP contribution in [0.5, 0.6) is 0 Å². The van der Waals surface area contributed by atoms with Gasteiger partial charge in [-0.25, -0.2) is 0 Å². The van der Waals surface area contributed by atoms with Crippen molar-refractivity contribution in [3.05, 3.63) is 28.8 Å². The predicted molar refractivity (Wildman–Crippen MR) is 68.6 cm³/mol. The molecule has 3 nitrogen and oxygen atoms in total. The summed E-state index contributed by atoms with van der Waals surface area (Å²) in [6.45, 7) is 7.29. The highest BCUT2D eigenvalue weighted by atomic mass is 32.1. The van der Waals surface area contributed by atoms with Crippen molar-refractivity contribution in [1.29, 1.82) is 0 Å².